The summed E-state index contributed by atoms with van der Waals surface area (Å²) < 4.78 is 0. The minimum absolute atomic E-state index is 0.271. The van der Waals surface area contributed by atoms with E-state index in [9.17, 15) is 9.59 Å². The highest BCUT2D eigenvalue weighted by atomic mass is 16.1. The molecule has 130 valence electrons. The smallest absolute Gasteiger partial charge is 0.267 e. The topological polar surface area (TPSA) is 65.7 Å². The molecule has 1 heterocycles. The Bertz CT molecular complexity index is 1720. The lowest BCUT2D eigenvalue weighted by atomic mass is 9.84. The van der Waals surface area contributed by atoms with E-state index >= 15 is 0 Å². The summed E-state index contributed by atoms with van der Waals surface area (Å²) in [5.41, 5.74) is -0.542. The molecule has 0 aliphatic rings. The van der Waals surface area contributed by atoms with Gasteiger partial charge in [0.25, 0.3) is 11.1 Å². The predicted octanol–water partition coefficient (Wildman–Crippen LogP) is 4.86. The summed E-state index contributed by atoms with van der Waals surface area (Å²) in [6, 6.07) is 20.7. The fraction of sp³-hybridized carbons (Fsp3) is 0. The zero-order chi connectivity index (χ0) is 18.6. The van der Waals surface area contributed by atoms with Gasteiger partial charge in [0.1, 0.15) is 0 Å². The van der Waals surface area contributed by atoms with Crippen LogP contribution >= 0.6 is 0 Å². The summed E-state index contributed by atoms with van der Waals surface area (Å²) in [5, 5.41) is 16.6. The van der Waals surface area contributed by atoms with Gasteiger partial charge in [-0.1, -0.05) is 60.7 Å². The molecule has 0 bridgehead atoms. The van der Waals surface area contributed by atoms with Gasteiger partial charge in [-0.2, -0.15) is 0 Å². The van der Waals surface area contributed by atoms with Crippen molar-refractivity contribution in [3.63, 3.8) is 0 Å². The number of hydrogen-bond donors (Lipinski definition) is 2. The second-order valence-corrected chi connectivity index (χ2v) is 7.44. The first-order valence-electron chi connectivity index (χ1n) is 9.22. The van der Waals surface area contributed by atoms with Gasteiger partial charge >= 0.3 is 0 Å². The summed E-state index contributed by atoms with van der Waals surface area (Å²) in [7, 11) is 0. The van der Waals surface area contributed by atoms with Crippen LogP contribution in [0.5, 0.6) is 0 Å². The van der Waals surface area contributed by atoms with E-state index in [0.29, 0.717) is 10.8 Å². The van der Waals surface area contributed by atoms with Crippen LogP contribution in [0.25, 0.3) is 64.6 Å². The highest BCUT2D eigenvalue weighted by Gasteiger charge is 2.21. The van der Waals surface area contributed by atoms with Crippen LogP contribution in [0.2, 0.25) is 0 Å². The van der Waals surface area contributed by atoms with Gasteiger partial charge in [-0.05, 0) is 53.9 Å². The molecule has 1 aromatic heterocycles. The zero-order valence-corrected chi connectivity index (χ0v) is 14.6. The quantitative estimate of drug-likeness (QED) is 0.300. The Kier molecular flexibility index (Phi) is 2.27. The number of hydrogen-bond acceptors (Lipinski definition) is 2. The Morgan fingerprint density at radius 1 is 0.429 bits per heavy atom. The molecule has 0 atom stereocenters. The van der Waals surface area contributed by atoms with Gasteiger partial charge in [0.15, 0.2) is 0 Å². The van der Waals surface area contributed by atoms with E-state index in [1.165, 1.54) is 10.8 Å². The minimum atomic E-state index is -0.271. The fourth-order valence-electron chi connectivity index (χ4n) is 5.12. The van der Waals surface area contributed by atoms with E-state index < -0.39 is 0 Å². The van der Waals surface area contributed by atoms with Crippen molar-refractivity contribution in [3.05, 3.63) is 81.4 Å². The SMILES string of the molecule is O=c1[nH][nH]c(=O)c2c3ccc4cccc5c6cccc7ccc(c12)c(c76)c3c45. The van der Waals surface area contributed by atoms with Crippen molar-refractivity contribution in [2.75, 3.05) is 0 Å². The van der Waals surface area contributed by atoms with Crippen molar-refractivity contribution in [1.29, 1.82) is 0 Å². The lowest BCUT2D eigenvalue weighted by Crippen LogP contribution is -2.19. The first kappa shape index (κ1) is 14.2. The van der Waals surface area contributed by atoms with E-state index in [4.69, 9.17) is 0 Å². The van der Waals surface area contributed by atoms with Crippen LogP contribution in [0.3, 0.4) is 0 Å². The molecule has 0 unspecified atom stereocenters. The molecule has 4 nitrogen and oxygen atoms in total. The molecule has 0 spiro atoms. The van der Waals surface area contributed by atoms with E-state index in [1.54, 1.807) is 0 Å². The van der Waals surface area contributed by atoms with Crippen LogP contribution in [0, 0.1) is 0 Å². The van der Waals surface area contributed by atoms with Crippen LogP contribution in [0.15, 0.2) is 70.3 Å². The molecular weight excluding hydrogens is 348 g/mol. The van der Waals surface area contributed by atoms with Gasteiger partial charge in [-0.15, -0.1) is 0 Å². The summed E-state index contributed by atoms with van der Waals surface area (Å²) >= 11 is 0. The van der Waals surface area contributed by atoms with Crippen molar-refractivity contribution in [2.45, 2.75) is 0 Å². The largest absolute Gasteiger partial charge is 0.271 e. The molecule has 0 saturated carbocycles. The lowest BCUT2D eigenvalue weighted by Gasteiger charge is -2.19. The summed E-state index contributed by atoms with van der Waals surface area (Å²) in [5.74, 6) is 0. The Labute approximate surface area is 156 Å². The van der Waals surface area contributed by atoms with Crippen molar-refractivity contribution in [1.82, 2.24) is 10.2 Å². The number of nitrogens with one attached hydrogen (secondary N) is 2. The Morgan fingerprint density at radius 3 is 1.36 bits per heavy atom. The second-order valence-electron chi connectivity index (χ2n) is 7.44. The van der Waals surface area contributed by atoms with E-state index in [2.05, 4.69) is 46.6 Å². The van der Waals surface area contributed by atoms with Crippen LogP contribution in [0.1, 0.15) is 0 Å². The molecule has 0 aliphatic carbocycles. The summed E-state index contributed by atoms with van der Waals surface area (Å²) in [6.45, 7) is 0. The van der Waals surface area contributed by atoms with Gasteiger partial charge in [0, 0.05) is 0 Å². The third-order valence-corrected chi connectivity index (χ3v) is 6.16. The average molecular weight is 360 g/mol. The molecule has 0 aliphatic heterocycles. The third kappa shape index (κ3) is 1.42. The summed E-state index contributed by atoms with van der Waals surface area (Å²) in [4.78, 5) is 25.5. The van der Waals surface area contributed by atoms with Gasteiger partial charge in [0.05, 0.1) is 10.8 Å². The highest BCUT2D eigenvalue weighted by molar-refractivity contribution is 6.44. The van der Waals surface area contributed by atoms with Crippen LogP contribution in [-0.2, 0) is 0 Å². The van der Waals surface area contributed by atoms with Crippen molar-refractivity contribution < 1.29 is 0 Å². The van der Waals surface area contributed by atoms with Gasteiger partial charge in [-0.3, -0.25) is 19.8 Å². The Morgan fingerprint density at radius 2 is 0.893 bits per heavy atom. The van der Waals surface area contributed by atoms with Gasteiger partial charge in [-0.25, -0.2) is 0 Å². The molecular formula is C24H12N2O2. The van der Waals surface area contributed by atoms with Crippen molar-refractivity contribution in [3.8, 4) is 0 Å². The standard InChI is InChI=1S/C24H12N2O2/c27-23-21-15-9-7-11-3-1-5-13-14-6-2-4-12-8-10-16(22(21)24(28)26-25-23)20(18(12)14)19(15)17(11)13/h1-10H,(H,25,27)(H,26,28). The molecule has 2 N–H and O–H groups in total. The molecule has 28 heavy (non-hydrogen) atoms. The maximum atomic E-state index is 12.8. The normalized spacial score (nSPS) is 12.6. The molecule has 7 aromatic rings. The van der Waals surface area contributed by atoms with Crippen LogP contribution < -0.4 is 11.1 Å². The van der Waals surface area contributed by atoms with E-state index in [0.717, 1.165) is 43.1 Å². The lowest BCUT2D eigenvalue weighted by molar-refractivity contribution is 0.979. The fourth-order valence-corrected chi connectivity index (χ4v) is 5.12. The molecule has 0 amide bonds. The second kappa shape index (κ2) is 4.49. The molecule has 7 rings (SSSR count). The molecule has 0 fully saturated rings. The predicted molar refractivity (Wildman–Crippen MR) is 115 cm³/mol. The van der Waals surface area contributed by atoms with Crippen LogP contribution in [0.4, 0.5) is 0 Å². The molecule has 0 saturated heterocycles. The maximum Gasteiger partial charge on any atom is 0.271 e. The number of benzene rings is 6. The zero-order valence-electron chi connectivity index (χ0n) is 14.6. The van der Waals surface area contributed by atoms with Gasteiger partial charge in [0.2, 0.25) is 0 Å². The first-order valence-corrected chi connectivity index (χ1v) is 9.22. The van der Waals surface area contributed by atoms with E-state index in [1.807, 2.05) is 24.3 Å². The number of H-pyrrole nitrogens is 2. The first-order chi connectivity index (χ1) is 13.7. The van der Waals surface area contributed by atoms with Crippen molar-refractivity contribution >= 4 is 64.6 Å². The van der Waals surface area contributed by atoms with E-state index in [-0.39, 0.29) is 11.1 Å². The summed E-state index contributed by atoms with van der Waals surface area (Å²) in [6.07, 6.45) is 0. The minimum Gasteiger partial charge on any atom is -0.267 e. The Hall–Kier alpha value is -3.92. The molecule has 0 radical (unpaired) electrons. The Balaban J connectivity index is 2.08. The number of rotatable bonds is 0. The monoisotopic (exact) mass is 360 g/mol. The van der Waals surface area contributed by atoms with Gasteiger partial charge < -0.3 is 0 Å². The molecule has 4 heteroatoms. The number of aromatic nitrogens is 2. The highest BCUT2D eigenvalue weighted by Crippen LogP contribution is 2.46. The van der Waals surface area contributed by atoms with Crippen LogP contribution in [-0.4, -0.2) is 10.2 Å². The maximum absolute atomic E-state index is 12.8. The average Bonchev–Trinajstić information content (AvgIpc) is 2.74. The third-order valence-electron chi connectivity index (χ3n) is 6.16. The number of fused-ring (bicyclic) bond motifs is 4. The molecule has 6 aromatic carbocycles. The van der Waals surface area contributed by atoms with Crippen molar-refractivity contribution in [2.24, 2.45) is 0 Å². The number of aromatic amines is 2.